The van der Waals surface area contributed by atoms with E-state index in [4.69, 9.17) is 0 Å². The molecule has 0 N–H and O–H groups in total. The monoisotopic (exact) mass is 317 g/mol. The van der Waals surface area contributed by atoms with Crippen molar-refractivity contribution in [1.82, 2.24) is 4.31 Å². The molecule has 0 fully saturated rings. The van der Waals surface area contributed by atoms with Gasteiger partial charge in [-0.25, -0.2) is 12.7 Å². The molecule has 116 valence electrons. The highest BCUT2D eigenvalue weighted by molar-refractivity contribution is 7.89. The number of ketones is 1. The molecular formula is C17H19NO3S. The second-order valence-corrected chi connectivity index (χ2v) is 7.36. The molecule has 0 atom stereocenters. The average molecular weight is 317 g/mol. The van der Waals surface area contributed by atoms with E-state index < -0.39 is 15.8 Å². The molecule has 0 aliphatic heterocycles. The van der Waals surface area contributed by atoms with Crippen LogP contribution in [-0.4, -0.2) is 31.3 Å². The molecule has 0 aliphatic rings. The van der Waals surface area contributed by atoms with Crippen LogP contribution in [0.15, 0.2) is 54.6 Å². The maximum atomic E-state index is 12.3. The van der Waals surface area contributed by atoms with Crippen LogP contribution in [0.2, 0.25) is 0 Å². The van der Waals surface area contributed by atoms with Crippen LogP contribution in [0, 0.1) is 6.92 Å². The van der Waals surface area contributed by atoms with Gasteiger partial charge in [-0.2, -0.15) is 0 Å². The summed E-state index contributed by atoms with van der Waals surface area (Å²) in [6.07, 6.45) is 0. The number of carbonyl (C=O) groups is 1. The topological polar surface area (TPSA) is 54.5 Å². The molecule has 0 unspecified atom stereocenters. The van der Waals surface area contributed by atoms with Gasteiger partial charge in [-0.1, -0.05) is 60.2 Å². The number of hydrogen-bond acceptors (Lipinski definition) is 3. The van der Waals surface area contributed by atoms with Crippen molar-refractivity contribution in [2.45, 2.75) is 13.5 Å². The molecule has 0 aliphatic carbocycles. The first kappa shape index (κ1) is 16.4. The normalized spacial score (nSPS) is 11.6. The van der Waals surface area contributed by atoms with Gasteiger partial charge >= 0.3 is 0 Å². The van der Waals surface area contributed by atoms with E-state index in [1.807, 2.05) is 37.3 Å². The minimum atomic E-state index is -3.63. The van der Waals surface area contributed by atoms with Gasteiger partial charge in [0.15, 0.2) is 5.78 Å². The summed E-state index contributed by atoms with van der Waals surface area (Å²) in [6, 6.07) is 16.2. The maximum Gasteiger partial charge on any atom is 0.221 e. The van der Waals surface area contributed by atoms with E-state index in [1.165, 1.54) is 11.4 Å². The fraction of sp³-hybridized carbons (Fsp3) is 0.235. The van der Waals surface area contributed by atoms with Gasteiger partial charge in [0.1, 0.15) is 5.75 Å². The van der Waals surface area contributed by atoms with Crippen LogP contribution < -0.4 is 0 Å². The number of nitrogens with zero attached hydrogens (tertiary/aromatic N) is 1. The first-order valence-corrected chi connectivity index (χ1v) is 8.57. The Morgan fingerprint density at radius 1 is 1.00 bits per heavy atom. The van der Waals surface area contributed by atoms with E-state index in [-0.39, 0.29) is 12.3 Å². The molecule has 0 saturated carbocycles. The highest BCUT2D eigenvalue weighted by Gasteiger charge is 2.22. The molecule has 0 aromatic heterocycles. The number of carbonyl (C=O) groups excluding carboxylic acids is 1. The SMILES string of the molecule is Cc1ccc(C(=O)CS(=O)(=O)N(C)Cc2ccccc2)cc1. The number of aryl methyl sites for hydroxylation is 1. The molecule has 0 spiro atoms. The Kier molecular flexibility index (Phi) is 5.11. The Balaban J connectivity index is 2.06. The summed E-state index contributed by atoms with van der Waals surface area (Å²) >= 11 is 0. The van der Waals surface area contributed by atoms with Crippen molar-refractivity contribution < 1.29 is 13.2 Å². The van der Waals surface area contributed by atoms with Crippen LogP contribution in [0.5, 0.6) is 0 Å². The van der Waals surface area contributed by atoms with Crippen LogP contribution in [0.3, 0.4) is 0 Å². The minimum Gasteiger partial charge on any atom is -0.293 e. The highest BCUT2D eigenvalue weighted by Crippen LogP contribution is 2.10. The van der Waals surface area contributed by atoms with E-state index in [1.54, 1.807) is 24.3 Å². The Hall–Kier alpha value is -1.98. The second-order valence-electron chi connectivity index (χ2n) is 5.29. The summed E-state index contributed by atoms with van der Waals surface area (Å²) in [4.78, 5) is 12.1. The van der Waals surface area contributed by atoms with E-state index in [0.29, 0.717) is 5.56 Å². The zero-order chi connectivity index (χ0) is 16.2. The van der Waals surface area contributed by atoms with E-state index >= 15 is 0 Å². The van der Waals surface area contributed by atoms with Gasteiger partial charge in [0.05, 0.1) is 0 Å². The lowest BCUT2D eigenvalue weighted by Crippen LogP contribution is -2.32. The first-order chi connectivity index (χ1) is 10.4. The Labute approximate surface area is 131 Å². The number of Topliss-reactive ketones (excluding diaryl/α,β-unsaturated/α-hetero) is 1. The van der Waals surface area contributed by atoms with Crippen molar-refractivity contribution in [2.75, 3.05) is 12.8 Å². The standard InChI is InChI=1S/C17H19NO3S/c1-14-8-10-16(11-9-14)17(19)13-22(20,21)18(2)12-15-6-4-3-5-7-15/h3-11H,12-13H2,1-2H3. The zero-order valence-electron chi connectivity index (χ0n) is 12.7. The third-order valence-electron chi connectivity index (χ3n) is 3.41. The molecule has 4 nitrogen and oxygen atoms in total. The third kappa shape index (κ3) is 4.26. The lowest BCUT2D eigenvalue weighted by Gasteiger charge is -2.16. The number of rotatable bonds is 6. The number of sulfonamides is 1. The molecule has 0 radical (unpaired) electrons. The van der Waals surface area contributed by atoms with Gasteiger partial charge in [0.25, 0.3) is 0 Å². The lowest BCUT2D eigenvalue weighted by atomic mass is 10.1. The van der Waals surface area contributed by atoms with Crippen molar-refractivity contribution in [3.63, 3.8) is 0 Å². The summed E-state index contributed by atoms with van der Waals surface area (Å²) in [5, 5.41) is 0. The summed E-state index contributed by atoms with van der Waals surface area (Å²) in [5.74, 6) is -0.903. The predicted molar refractivity (Wildman–Crippen MR) is 87.2 cm³/mol. The van der Waals surface area contributed by atoms with E-state index in [2.05, 4.69) is 0 Å². The lowest BCUT2D eigenvalue weighted by molar-refractivity contribution is 0.101. The molecule has 2 aromatic carbocycles. The summed E-state index contributed by atoms with van der Waals surface area (Å²) in [7, 11) is -2.14. The Bertz CT molecular complexity index is 737. The largest absolute Gasteiger partial charge is 0.293 e. The maximum absolute atomic E-state index is 12.3. The minimum absolute atomic E-state index is 0.254. The Morgan fingerprint density at radius 3 is 2.18 bits per heavy atom. The van der Waals surface area contributed by atoms with Crippen molar-refractivity contribution in [3.05, 3.63) is 71.3 Å². The summed E-state index contributed by atoms with van der Waals surface area (Å²) in [5.41, 5.74) is 2.33. The first-order valence-electron chi connectivity index (χ1n) is 6.96. The van der Waals surface area contributed by atoms with Crippen LogP contribution >= 0.6 is 0 Å². The predicted octanol–water partition coefficient (Wildman–Crippen LogP) is 2.64. The molecule has 0 amide bonds. The molecule has 2 rings (SSSR count). The van der Waals surface area contributed by atoms with Crippen LogP contribution in [0.1, 0.15) is 21.5 Å². The van der Waals surface area contributed by atoms with Gasteiger partial charge in [-0.15, -0.1) is 0 Å². The van der Waals surface area contributed by atoms with Gasteiger partial charge in [-0.05, 0) is 12.5 Å². The van der Waals surface area contributed by atoms with Crippen LogP contribution in [0.4, 0.5) is 0 Å². The van der Waals surface area contributed by atoms with Crippen LogP contribution in [0.25, 0.3) is 0 Å². The highest BCUT2D eigenvalue weighted by atomic mass is 32.2. The molecule has 0 saturated heterocycles. The smallest absolute Gasteiger partial charge is 0.221 e. The van der Waals surface area contributed by atoms with Gasteiger partial charge in [0, 0.05) is 19.2 Å². The van der Waals surface area contributed by atoms with Crippen molar-refractivity contribution in [2.24, 2.45) is 0 Å². The molecule has 22 heavy (non-hydrogen) atoms. The second kappa shape index (κ2) is 6.85. The van der Waals surface area contributed by atoms with Crippen molar-refractivity contribution in [1.29, 1.82) is 0 Å². The number of benzene rings is 2. The van der Waals surface area contributed by atoms with E-state index in [0.717, 1.165) is 11.1 Å². The fourth-order valence-electron chi connectivity index (χ4n) is 2.04. The Morgan fingerprint density at radius 2 is 1.59 bits per heavy atom. The molecule has 0 heterocycles. The fourth-order valence-corrected chi connectivity index (χ4v) is 3.10. The molecular weight excluding hydrogens is 298 g/mol. The van der Waals surface area contributed by atoms with Crippen molar-refractivity contribution >= 4 is 15.8 Å². The summed E-state index contributed by atoms with van der Waals surface area (Å²) in [6.45, 7) is 2.17. The average Bonchev–Trinajstić information content (AvgIpc) is 2.48. The van der Waals surface area contributed by atoms with Gasteiger partial charge in [-0.3, -0.25) is 4.79 Å². The molecule has 2 aromatic rings. The summed E-state index contributed by atoms with van der Waals surface area (Å²) < 4.78 is 25.8. The molecule has 0 bridgehead atoms. The van der Waals surface area contributed by atoms with Crippen molar-refractivity contribution in [3.8, 4) is 0 Å². The van der Waals surface area contributed by atoms with E-state index in [9.17, 15) is 13.2 Å². The number of hydrogen-bond donors (Lipinski definition) is 0. The van der Waals surface area contributed by atoms with Crippen LogP contribution in [-0.2, 0) is 16.6 Å². The van der Waals surface area contributed by atoms with Gasteiger partial charge < -0.3 is 0 Å². The van der Waals surface area contributed by atoms with Gasteiger partial charge in [0.2, 0.25) is 10.0 Å². The zero-order valence-corrected chi connectivity index (χ0v) is 13.5. The third-order valence-corrected chi connectivity index (χ3v) is 5.12. The molecule has 5 heteroatoms. The quantitative estimate of drug-likeness (QED) is 0.770.